The maximum absolute atomic E-state index is 12.7. The molecule has 8 nitrogen and oxygen atoms in total. The predicted molar refractivity (Wildman–Crippen MR) is 127 cm³/mol. The van der Waals surface area contributed by atoms with Gasteiger partial charge in [0, 0.05) is 30.6 Å². The first-order valence-corrected chi connectivity index (χ1v) is 11.6. The van der Waals surface area contributed by atoms with Crippen molar-refractivity contribution in [2.75, 3.05) is 32.6 Å². The van der Waals surface area contributed by atoms with E-state index in [4.69, 9.17) is 9.47 Å². The van der Waals surface area contributed by atoms with Gasteiger partial charge in [-0.15, -0.1) is 11.3 Å². The van der Waals surface area contributed by atoms with Crippen LogP contribution in [-0.2, 0) is 0 Å². The van der Waals surface area contributed by atoms with E-state index in [1.54, 1.807) is 17.5 Å². The zero-order valence-corrected chi connectivity index (χ0v) is 21.0. The average molecular weight is 513 g/mol. The number of hydrogen-bond acceptors (Lipinski definition) is 7. The fraction of sp³-hybridized carbons (Fsp3) is 0.476. The second-order valence-corrected chi connectivity index (χ2v) is 9.07. The molecule has 1 aromatic heterocycles. The highest BCUT2D eigenvalue weighted by Crippen LogP contribution is 2.33. The second-order valence-electron chi connectivity index (χ2n) is 7.36. The lowest BCUT2D eigenvalue weighted by molar-refractivity contribution is 0.0934. The highest BCUT2D eigenvalue weighted by Gasteiger charge is 2.19. The lowest BCUT2D eigenvalue weighted by Crippen LogP contribution is -2.42. The van der Waals surface area contributed by atoms with E-state index in [0.29, 0.717) is 45.3 Å². The van der Waals surface area contributed by atoms with E-state index in [1.807, 2.05) is 0 Å². The number of benzene rings is 1. The van der Waals surface area contributed by atoms with Crippen molar-refractivity contribution in [1.82, 2.24) is 15.2 Å². The number of ether oxygens (including phenoxy) is 2. The number of nitrogens with one attached hydrogen (secondary N) is 2. The van der Waals surface area contributed by atoms with Gasteiger partial charge >= 0.3 is 0 Å². The fourth-order valence-electron chi connectivity index (χ4n) is 3.14. The maximum Gasteiger partial charge on any atom is 0.270 e. The van der Waals surface area contributed by atoms with Crippen LogP contribution in [0.3, 0.4) is 0 Å². The third kappa shape index (κ3) is 6.65. The number of anilines is 1. The van der Waals surface area contributed by atoms with Gasteiger partial charge < -0.3 is 14.8 Å². The molecule has 0 radical (unpaired) electrons. The first kappa shape index (κ1) is 25.1. The maximum atomic E-state index is 12.7. The largest absolute Gasteiger partial charge is 0.496 e. The lowest BCUT2D eigenvalue weighted by atomic mass is 10.1. The highest BCUT2D eigenvalue weighted by atomic mass is 79.9. The van der Waals surface area contributed by atoms with Gasteiger partial charge in [0.05, 0.1) is 24.3 Å². The van der Waals surface area contributed by atoms with E-state index in [2.05, 4.69) is 64.1 Å². The number of halogens is 1. The number of carbonyl (C=O) groups excluding carboxylic acids is 2. The van der Waals surface area contributed by atoms with Crippen LogP contribution >= 0.6 is 27.3 Å². The minimum atomic E-state index is -0.409. The topological polar surface area (TPSA) is 92.8 Å². The van der Waals surface area contributed by atoms with Gasteiger partial charge in [-0.1, -0.05) is 0 Å². The average Bonchev–Trinajstić information content (AvgIpc) is 3.18. The van der Waals surface area contributed by atoms with Crippen molar-refractivity contribution in [1.29, 1.82) is 0 Å². The molecule has 0 atom stereocenters. The van der Waals surface area contributed by atoms with Crippen LogP contribution in [0.25, 0.3) is 0 Å². The van der Waals surface area contributed by atoms with E-state index in [1.165, 1.54) is 25.6 Å². The quantitative estimate of drug-likeness (QED) is 0.499. The summed E-state index contributed by atoms with van der Waals surface area (Å²) < 4.78 is 11.2. The standard InChI is InChI=1S/C21H29BrN4O4S/c1-12(2)26(13(3)4)8-7-23-20(28)16-11-31-21(24-16)25-19(27)14-9-18(30-6)15(22)10-17(14)29-5/h9-13H,7-8H2,1-6H3,(H,23,28)(H,24,25,27). The Morgan fingerprint density at radius 2 is 1.74 bits per heavy atom. The van der Waals surface area contributed by atoms with Crippen LogP contribution in [0.2, 0.25) is 0 Å². The van der Waals surface area contributed by atoms with E-state index in [-0.39, 0.29) is 11.6 Å². The molecular formula is C21H29BrN4O4S. The number of aromatic nitrogens is 1. The minimum Gasteiger partial charge on any atom is -0.496 e. The molecule has 0 saturated heterocycles. The molecule has 2 amide bonds. The number of nitrogens with zero attached hydrogens (tertiary/aromatic N) is 2. The molecule has 0 spiro atoms. The Kier molecular flexibility index (Phi) is 9.27. The highest BCUT2D eigenvalue weighted by molar-refractivity contribution is 9.10. The van der Waals surface area contributed by atoms with Crippen molar-refractivity contribution in [2.45, 2.75) is 39.8 Å². The Bertz CT molecular complexity index is 909. The van der Waals surface area contributed by atoms with E-state index < -0.39 is 5.91 Å². The molecule has 0 aliphatic heterocycles. The van der Waals surface area contributed by atoms with E-state index in [0.717, 1.165) is 6.54 Å². The molecule has 0 bridgehead atoms. The normalized spacial score (nSPS) is 11.2. The molecule has 1 aromatic carbocycles. The van der Waals surface area contributed by atoms with E-state index in [9.17, 15) is 9.59 Å². The summed E-state index contributed by atoms with van der Waals surface area (Å²) in [5, 5.41) is 7.54. The van der Waals surface area contributed by atoms with E-state index >= 15 is 0 Å². The number of carbonyl (C=O) groups is 2. The Morgan fingerprint density at radius 3 is 2.32 bits per heavy atom. The van der Waals surface area contributed by atoms with Crippen LogP contribution < -0.4 is 20.1 Å². The third-order valence-corrected chi connectivity index (χ3v) is 6.04. The van der Waals surface area contributed by atoms with Crippen molar-refractivity contribution < 1.29 is 19.1 Å². The van der Waals surface area contributed by atoms with Crippen LogP contribution in [0.1, 0.15) is 48.5 Å². The van der Waals surface area contributed by atoms with Crippen LogP contribution in [0, 0.1) is 0 Å². The molecule has 2 N–H and O–H groups in total. The summed E-state index contributed by atoms with van der Waals surface area (Å²) in [5.74, 6) is 0.210. The molecule has 0 aliphatic rings. The summed E-state index contributed by atoms with van der Waals surface area (Å²) >= 11 is 4.55. The minimum absolute atomic E-state index is 0.265. The fourth-order valence-corrected chi connectivity index (χ4v) is 4.31. The predicted octanol–water partition coefficient (Wildman–Crippen LogP) is 4.02. The molecule has 0 saturated carbocycles. The van der Waals surface area contributed by atoms with Crippen molar-refractivity contribution in [2.24, 2.45) is 0 Å². The summed E-state index contributed by atoms with van der Waals surface area (Å²) in [4.78, 5) is 31.7. The van der Waals surface area contributed by atoms with Gasteiger partial charge in [-0.2, -0.15) is 0 Å². The summed E-state index contributed by atoms with van der Waals surface area (Å²) in [5.41, 5.74) is 0.563. The molecule has 10 heteroatoms. The Hall–Kier alpha value is -2.17. The van der Waals surface area contributed by atoms with Crippen LogP contribution in [0.4, 0.5) is 5.13 Å². The number of hydrogen-bond donors (Lipinski definition) is 2. The van der Waals surface area contributed by atoms with Gasteiger partial charge in [-0.05, 0) is 55.8 Å². The summed E-state index contributed by atoms with van der Waals surface area (Å²) in [6.45, 7) is 9.80. The molecule has 0 aliphatic carbocycles. The smallest absolute Gasteiger partial charge is 0.270 e. The van der Waals surface area contributed by atoms with Gasteiger partial charge in [0.25, 0.3) is 11.8 Å². The van der Waals surface area contributed by atoms with Gasteiger partial charge in [0.1, 0.15) is 17.2 Å². The van der Waals surface area contributed by atoms with Crippen molar-refractivity contribution >= 4 is 44.2 Å². The van der Waals surface area contributed by atoms with Crippen LogP contribution in [-0.4, -0.2) is 61.1 Å². The van der Waals surface area contributed by atoms with Gasteiger partial charge in [0.15, 0.2) is 5.13 Å². The molecule has 0 unspecified atom stereocenters. The Balaban J connectivity index is 2.01. The summed E-state index contributed by atoms with van der Waals surface area (Å²) in [6, 6.07) is 4.03. The Labute approximate surface area is 195 Å². The summed E-state index contributed by atoms with van der Waals surface area (Å²) in [6.07, 6.45) is 0. The van der Waals surface area contributed by atoms with Gasteiger partial charge in [-0.3, -0.25) is 19.8 Å². The van der Waals surface area contributed by atoms with Crippen molar-refractivity contribution in [3.63, 3.8) is 0 Å². The number of thiazole rings is 1. The first-order chi connectivity index (χ1) is 14.7. The second kappa shape index (κ2) is 11.4. The molecule has 2 aromatic rings. The van der Waals surface area contributed by atoms with Crippen molar-refractivity contribution in [3.05, 3.63) is 33.2 Å². The number of rotatable bonds is 10. The third-order valence-electron chi connectivity index (χ3n) is 4.66. The molecule has 1 heterocycles. The molecule has 170 valence electrons. The van der Waals surface area contributed by atoms with Gasteiger partial charge in [0.2, 0.25) is 0 Å². The van der Waals surface area contributed by atoms with Crippen LogP contribution in [0.15, 0.2) is 22.0 Å². The molecule has 0 fully saturated rings. The molecule has 2 rings (SSSR count). The monoisotopic (exact) mass is 512 g/mol. The zero-order chi connectivity index (χ0) is 23.1. The van der Waals surface area contributed by atoms with Crippen LogP contribution in [0.5, 0.6) is 11.5 Å². The SMILES string of the molecule is COc1cc(C(=O)Nc2nc(C(=O)NCCN(C(C)C)C(C)C)cs2)c(OC)cc1Br. The first-order valence-electron chi connectivity index (χ1n) is 9.90. The molecular weight excluding hydrogens is 484 g/mol. The lowest BCUT2D eigenvalue weighted by Gasteiger charge is -2.30. The number of amides is 2. The van der Waals surface area contributed by atoms with Gasteiger partial charge in [-0.25, -0.2) is 4.98 Å². The molecule has 31 heavy (non-hydrogen) atoms. The zero-order valence-electron chi connectivity index (χ0n) is 18.6. The summed E-state index contributed by atoms with van der Waals surface area (Å²) in [7, 11) is 3.00. The van der Waals surface area contributed by atoms with Crippen molar-refractivity contribution in [3.8, 4) is 11.5 Å². The number of methoxy groups -OCH3 is 2. The Morgan fingerprint density at radius 1 is 1.10 bits per heavy atom.